The highest BCUT2D eigenvalue weighted by Gasteiger charge is 2.32. The van der Waals surface area contributed by atoms with Gasteiger partial charge in [-0.2, -0.15) is 10.2 Å². The summed E-state index contributed by atoms with van der Waals surface area (Å²) in [6.45, 7) is 22.5. The number of allylic oxidation sites excluding steroid dienone is 4. The van der Waals surface area contributed by atoms with Crippen LogP contribution in [0.2, 0.25) is 0 Å². The molecule has 6 rings (SSSR count). The van der Waals surface area contributed by atoms with Crippen LogP contribution in [0.3, 0.4) is 0 Å². The van der Waals surface area contributed by atoms with Crippen molar-refractivity contribution in [2.24, 2.45) is 21.0 Å². The number of hydrazone groups is 2. The van der Waals surface area contributed by atoms with Crippen LogP contribution in [0.5, 0.6) is 11.5 Å². The van der Waals surface area contributed by atoms with Crippen molar-refractivity contribution < 1.29 is 10.2 Å². The van der Waals surface area contributed by atoms with Crippen molar-refractivity contribution in [3.05, 3.63) is 95.1 Å². The van der Waals surface area contributed by atoms with Crippen LogP contribution in [0.25, 0.3) is 16.7 Å². The first-order valence-electron chi connectivity index (χ1n) is 17.6. The van der Waals surface area contributed by atoms with Gasteiger partial charge >= 0.3 is 0 Å². The maximum Gasteiger partial charge on any atom is 0.146 e. The lowest BCUT2D eigenvalue weighted by atomic mass is 9.71. The van der Waals surface area contributed by atoms with Crippen molar-refractivity contribution in [3.8, 4) is 17.2 Å². The number of anilines is 1. The molecule has 0 saturated carbocycles. The minimum Gasteiger partial charge on any atom is -0.505 e. The molecule has 1 aliphatic carbocycles. The number of hydrogen-bond donors (Lipinski definition) is 2. The van der Waals surface area contributed by atoms with Crippen LogP contribution in [-0.4, -0.2) is 36.6 Å². The number of aromatic hydroxyl groups is 2. The van der Waals surface area contributed by atoms with E-state index in [1.807, 2.05) is 60.7 Å². The van der Waals surface area contributed by atoms with E-state index in [1.54, 1.807) is 5.12 Å². The van der Waals surface area contributed by atoms with E-state index >= 15 is 0 Å². The number of fused-ring (bicyclic) bond motifs is 3. The molecule has 0 radical (unpaired) electrons. The molecule has 0 spiro atoms. The van der Waals surface area contributed by atoms with Gasteiger partial charge in [0.1, 0.15) is 33.9 Å². The second-order valence-corrected chi connectivity index (χ2v) is 17.8. The lowest BCUT2D eigenvalue weighted by Crippen LogP contribution is -2.26. The van der Waals surface area contributed by atoms with E-state index in [9.17, 15) is 10.2 Å². The van der Waals surface area contributed by atoms with Crippen molar-refractivity contribution in [1.29, 1.82) is 0 Å². The molecule has 0 saturated heterocycles. The van der Waals surface area contributed by atoms with Gasteiger partial charge in [0.05, 0.1) is 11.4 Å². The summed E-state index contributed by atoms with van der Waals surface area (Å²) in [6, 6.07) is 15.9. The first-order valence-corrected chi connectivity index (χ1v) is 17.6. The average Bonchev–Trinajstić information content (AvgIpc) is 3.35. The van der Waals surface area contributed by atoms with Crippen LogP contribution < -0.4 is 5.12 Å². The average molecular weight is 673 g/mol. The molecule has 0 unspecified atom stereocenters. The van der Waals surface area contributed by atoms with Gasteiger partial charge in [0, 0.05) is 24.0 Å². The summed E-state index contributed by atoms with van der Waals surface area (Å²) >= 11 is 0. The lowest BCUT2D eigenvalue weighted by molar-refractivity contribution is 0.283. The van der Waals surface area contributed by atoms with Gasteiger partial charge in [-0.25, -0.2) is 0 Å². The van der Waals surface area contributed by atoms with Crippen LogP contribution in [0, 0.1) is 10.8 Å². The Labute approximate surface area is 296 Å². The Bertz CT molecular complexity index is 2000. The van der Waals surface area contributed by atoms with E-state index in [0.717, 1.165) is 46.4 Å². The van der Waals surface area contributed by atoms with Crippen molar-refractivity contribution in [2.45, 2.75) is 106 Å². The van der Waals surface area contributed by atoms with Crippen molar-refractivity contribution in [1.82, 2.24) is 15.0 Å². The highest BCUT2D eigenvalue weighted by molar-refractivity contribution is 6.16. The molecule has 50 heavy (non-hydrogen) atoms. The molecule has 4 aromatic rings. The van der Waals surface area contributed by atoms with E-state index in [-0.39, 0.29) is 39.6 Å². The SMILES string of the molecule is CC(C)(C)CC(C)(C)c1cc(Cc2cc(C(C)(C)CC(C)(C)C)cc(-n3nc4ccccc4n3)c2O)c(O)c(N2N=C3C=CC=CC(=N2)C3)c1. The first-order chi connectivity index (χ1) is 23.3. The molecule has 2 heterocycles. The van der Waals surface area contributed by atoms with Crippen LogP contribution in [0.1, 0.15) is 111 Å². The Morgan fingerprint density at radius 2 is 1.06 bits per heavy atom. The Morgan fingerprint density at radius 3 is 1.52 bits per heavy atom. The van der Waals surface area contributed by atoms with E-state index < -0.39 is 0 Å². The molecule has 2 aliphatic rings. The maximum atomic E-state index is 12.1. The fourth-order valence-corrected chi connectivity index (χ4v) is 7.89. The lowest BCUT2D eigenvalue weighted by Gasteiger charge is -2.34. The van der Waals surface area contributed by atoms with E-state index in [4.69, 9.17) is 20.4 Å². The minimum atomic E-state index is -0.235. The van der Waals surface area contributed by atoms with Crippen molar-refractivity contribution in [2.75, 3.05) is 5.12 Å². The first kappa shape index (κ1) is 35.1. The van der Waals surface area contributed by atoms with Crippen molar-refractivity contribution >= 4 is 28.1 Å². The van der Waals surface area contributed by atoms with Gasteiger partial charge in [-0.05, 0) is 82.0 Å². The van der Waals surface area contributed by atoms with Crippen LogP contribution in [-0.2, 0) is 17.3 Å². The Hall–Kier alpha value is -4.72. The standard InChI is InChI=1S/C42H52N6O2/c1-39(2,3)25-41(7,8)29-20-27(37(49)35(22-29)47-43-31-15-11-12-16-32(24-31)44-47)19-28-21-30(42(9,10)26-40(4,5)6)23-36(38(28)50)48-45-33-17-13-14-18-34(33)46-48/h11-18,20-23,49-50H,19,24-26H2,1-10H3. The fourth-order valence-electron chi connectivity index (χ4n) is 7.89. The van der Waals surface area contributed by atoms with Crippen molar-refractivity contribution in [3.63, 3.8) is 0 Å². The minimum absolute atomic E-state index is 0.0677. The van der Waals surface area contributed by atoms with Gasteiger partial charge in [0.2, 0.25) is 0 Å². The third-order valence-corrected chi connectivity index (χ3v) is 9.44. The number of hydrogen-bond acceptors (Lipinski definition) is 7. The summed E-state index contributed by atoms with van der Waals surface area (Å²) < 4.78 is 0. The van der Waals surface area contributed by atoms with Crippen LogP contribution >= 0.6 is 0 Å². The van der Waals surface area contributed by atoms with E-state index in [2.05, 4.69) is 81.4 Å². The Kier molecular flexibility index (Phi) is 8.82. The number of benzene rings is 3. The molecule has 262 valence electrons. The molecular formula is C42H52N6O2. The smallest absolute Gasteiger partial charge is 0.146 e. The zero-order chi connectivity index (χ0) is 36.2. The molecular weight excluding hydrogens is 621 g/mol. The molecule has 0 amide bonds. The van der Waals surface area contributed by atoms with Crippen LogP contribution in [0.15, 0.2) is 83.0 Å². The fraction of sp³-hybridized carbons (Fsp3) is 0.429. The summed E-state index contributed by atoms with van der Waals surface area (Å²) in [4.78, 5) is 1.54. The molecule has 1 aromatic heterocycles. The van der Waals surface area contributed by atoms with Gasteiger partial charge < -0.3 is 10.2 Å². The largest absolute Gasteiger partial charge is 0.505 e. The number of nitrogens with zero attached hydrogens (tertiary/aromatic N) is 6. The molecule has 2 bridgehead atoms. The predicted molar refractivity (Wildman–Crippen MR) is 206 cm³/mol. The Balaban J connectivity index is 1.54. The summed E-state index contributed by atoms with van der Waals surface area (Å²) in [5.41, 5.74) is 7.44. The van der Waals surface area contributed by atoms with Gasteiger partial charge in [0.25, 0.3) is 0 Å². The molecule has 2 N–H and O–H groups in total. The summed E-state index contributed by atoms with van der Waals surface area (Å²) in [5.74, 6) is 0.171. The van der Waals surface area contributed by atoms with Gasteiger partial charge in [-0.15, -0.1) is 20.1 Å². The Morgan fingerprint density at radius 1 is 0.620 bits per heavy atom. The normalized spacial score (nSPS) is 15.4. The molecule has 1 aliphatic heterocycles. The highest BCUT2D eigenvalue weighted by atomic mass is 16.3. The van der Waals surface area contributed by atoms with Gasteiger partial charge in [-0.1, -0.05) is 106 Å². The summed E-state index contributed by atoms with van der Waals surface area (Å²) in [6.07, 6.45) is 10.6. The maximum absolute atomic E-state index is 12.1. The van der Waals surface area contributed by atoms with Crippen LogP contribution in [0.4, 0.5) is 5.69 Å². The molecule has 3 aromatic carbocycles. The number of rotatable bonds is 8. The predicted octanol–water partition coefficient (Wildman–Crippen LogP) is 9.90. The molecule has 0 atom stereocenters. The zero-order valence-electron chi connectivity index (χ0n) is 31.3. The summed E-state index contributed by atoms with van der Waals surface area (Å²) in [7, 11) is 0. The third-order valence-electron chi connectivity index (χ3n) is 9.44. The second kappa shape index (κ2) is 12.6. The topological polar surface area (TPSA) is 99.1 Å². The molecule has 8 nitrogen and oxygen atoms in total. The third kappa shape index (κ3) is 7.54. The van der Waals surface area contributed by atoms with Gasteiger partial charge in [0.15, 0.2) is 0 Å². The molecule has 0 fully saturated rings. The monoisotopic (exact) mass is 672 g/mol. The summed E-state index contributed by atoms with van der Waals surface area (Å²) in [5, 5.41) is 44.8. The number of aromatic nitrogens is 3. The van der Waals surface area contributed by atoms with E-state index in [0.29, 0.717) is 28.9 Å². The van der Waals surface area contributed by atoms with E-state index in [1.165, 1.54) is 4.80 Å². The molecule has 8 heteroatoms. The number of phenols is 2. The second-order valence-electron chi connectivity index (χ2n) is 17.8. The quantitative estimate of drug-likeness (QED) is 0.194. The van der Waals surface area contributed by atoms with Gasteiger partial charge in [-0.3, -0.25) is 0 Å². The number of phenolic OH excluding ortho intramolecular Hbond substituents is 2. The zero-order valence-corrected chi connectivity index (χ0v) is 31.3. The highest BCUT2D eigenvalue weighted by Crippen LogP contribution is 2.45.